The van der Waals surface area contributed by atoms with Crippen LogP contribution in [0.5, 0.6) is 0 Å². The minimum absolute atomic E-state index is 0.00995. The largest absolute Gasteiger partial charge is 0.453 e. The summed E-state index contributed by atoms with van der Waals surface area (Å²) < 4.78 is 10.6. The molecular weight excluding hydrogens is 346 g/mol. The summed E-state index contributed by atoms with van der Waals surface area (Å²) in [5.41, 5.74) is 0. The predicted octanol–water partition coefficient (Wildman–Crippen LogP) is 3.09. The zero-order chi connectivity index (χ0) is 20.1. The lowest BCUT2D eigenvalue weighted by Crippen LogP contribution is -2.67. The summed E-state index contributed by atoms with van der Waals surface area (Å²) in [5.74, 6) is 1.11. The van der Waals surface area contributed by atoms with Gasteiger partial charge in [0.05, 0.1) is 31.3 Å². The summed E-state index contributed by atoms with van der Waals surface area (Å²) >= 11 is 0. The molecule has 2 rings (SSSR count). The highest BCUT2D eigenvalue weighted by Gasteiger charge is 2.48. The van der Waals surface area contributed by atoms with Crippen molar-refractivity contribution in [3.05, 3.63) is 0 Å². The van der Waals surface area contributed by atoms with E-state index in [1.807, 2.05) is 37.6 Å². The van der Waals surface area contributed by atoms with Crippen molar-refractivity contribution >= 4 is 12.2 Å². The Bertz CT molecular complexity index is 513. The first kappa shape index (κ1) is 21.8. The molecule has 2 amide bonds. The average Bonchev–Trinajstić information content (AvgIpc) is 2.64. The number of rotatable bonds is 5. The van der Waals surface area contributed by atoms with Crippen molar-refractivity contribution in [2.75, 3.05) is 27.2 Å². The second-order valence-electron chi connectivity index (χ2n) is 8.25. The number of piperazine rings is 1. The van der Waals surface area contributed by atoms with Gasteiger partial charge in [0.15, 0.2) is 0 Å². The molecule has 0 spiro atoms. The van der Waals surface area contributed by atoms with Crippen molar-refractivity contribution in [3.8, 4) is 0 Å². The first-order chi connectivity index (χ1) is 12.8. The number of carbonyl (C=O) groups is 2. The molecule has 5 atom stereocenters. The number of hydrogen-bond acceptors (Lipinski definition) is 5. The van der Waals surface area contributed by atoms with Crippen molar-refractivity contribution < 1.29 is 19.1 Å². The van der Waals surface area contributed by atoms with Crippen LogP contribution >= 0.6 is 0 Å². The molecule has 1 heterocycles. The van der Waals surface area contributed by atoms with Gasteiger partial charge in [0.2, 0.25) is 0 Å². The maximum atomic E-state index is 12.8. The van der Waals surface area contributed by atoms with Gasteiger partial charge >= 0.3 is 12.2 Å². The highest BCUT2D eigenvalue weighted by molar-refractivity contribution is 5.71. The molecule has 156 valence electrons. The molecule has 7 heteroatoms. The average molecular weight is 384 g/mol. The lowest BCUT2D eigenvalue weighted by Gasteiger charge is -2.53. The van der Waals surface area contributed by atoms with E-state index < -0.39 is 0 Å². The van der Waals surface area contributed by atoms with Crippen molar-refractivity contribution in [3.63, 3.8) is 0 Å². The van der Waals surface area contributed by atoms with Gasteiger partial charge in [-0.15, -0.1) is 0 Å². The van der Waals surface area contributed by atoms with Gasteiger partial charge in [0.25, 0.3) is 0 Å². The molecule has 2 aliphatic rings. The van der Waals surface area contributed by atoms with Gasteiger partial charge in [0, 0.05) is 6.54 Å². The summed E-state index contributed by atoms with van der Waals surface area (Å²) in [6.45, 7) is 9.40. The summed E-state index contributed by atoms with van der Waals surface area (Å²) in [4.78, 5) is 28.9. The molecule has 1 saturated carbocycles. The number of carbonyl (C=O) groups excluding carboxylic acids is 2. The third-order valence-electron chi connectivity index (χ3n) is 6.13. The van der Waals surface area contributed by atoms with E-state index in [2.05, 4.69) is 12.2 Å². The van der Waals surface area contributed by atoms with Crippen LogP contribution < -0.4 is 5.32 Å². The normalized spacial score (nSPS) is 29.3. The van der Waals surface area contributed by atoms with E-state index in [0.717, 1.165) is 32.2 Å². The Balaban J connectivity index is 2.26. The van der Waals surface area contributed by atoms with Gasteiger partial charge in [-0.05, 0) is 65.5 Å². The molecule has 5 unspecified atom stereocenters. The molecule has 0 bridgehead atoms. The molecule has 2 fully saturated rings. The lowest BCUT2D eigenvalue weighted by molar-refractivity contribution is -0.0452. The Hall–Kier alpha value is -1.50. The highest BCUT2D eigenvalue weighted by Crippen LogP contribution is 2.39. The Kier molecular flexibility index (Phi) is 7.77. The summed E-state index contributed by atoms with van der Waals surface area (Å²) in [7, 11) is 3.41. The van der Waals surface area contributed by atoms with E-state index in [-0.39, 0.29) is 36.4 Å². The fourth-order valence-electron chi connectivity index (χ4n) is 4.89. The Morgan fingerprint density at radius 3 is 2.44 bits per heavy atom. The van der Waals surface area contributed by atoms with Gasteiger partial charge in [-0.3, -0.25) is 4.90 Å². The van der Waals surface area contributed by atoms with Crippen LogP contribution in [0.25, 0.3) is 0 Å². The van der Waals surface area contributed by atoms with E-state index in [4.69, 9.17) is 9.47 Å². The van der Waals surface area contributed by atoms with Crippen molar-refractivity contribution in [2.45, 2.75) is 77.6 Å². The van der Waals surface area contributed by atoms with Crippen LogP contribution in [0, 0.1) is 11.8 Å². The summed E-state index contributed by atoms with van der Waals surface area (Å²) in [6.07, 6.45) is 3.25. The number of hydrogen-bond donors (Lipinski definition) is 1. The molecule has 1 aliphatic carbocycles. The number of fused-ring (bicyclic) bond motifs is 1. The Labute approximate surface area is 163 Å². The lowest BCUT2D eigenvalue weighted by atomic mass is 9.73. The van der Waals surface area contributed by atoms with E-state index in [9.17, 15) is 9.59 Å². The molecule has 27 heavy (non-hydrogen) atoms. The molecule has 0 radical (unpaired) electrons. The fourth-order valence-corrected chi connectivity index (χ4v) is 4.89. The fraction of sp³-hybridized carbons (Fsp3) is 0.900. The van der Waals surface area contributed by atoms with E-state index in [1.54, 1.807) is 0 Å². The van der Waals surface area contributed by atoms with Crippen LogP contribution in [0.3, 0.4) is 0 Å². The molecule has 7 nitrogen and oxygen atoms in total. The van der Waals surface area contributed by atoms with Gasteiger partial charge in [-0.25, -0.2) is 9.59 Å². The number of methoxy groups -OCH3 is 1. The highest BCUT2D eigenvalue weighted by atomic mass is 16.6. The standard InChI is InChI=1S/C20H37N3O4/c1-7-15(11-21-5)16-8-9-17-18(10-16)22(19(24)27-13(2)3)12-14(4)23(17)20(25)26-6/h13-18,21H,7-12H2,1-6H3. The third-order valence-corrected chi connectivity index (χ3v) is 6.13. The van der Waals surface area contributed by atoms with Crippen LogP contribution in [0.4, 0.5) is 9.59 Å². The zero-order valence-electron chi connectivity index (χ0n) is 17.7. The summed E-state index contributed by atoms with van der Waals surface area (Å²) in [5, 5.41) is 3.30. The molecule has 1 saturated heterocycles. The van der Waals surface area contributed by atoms with Crippen molar-refractivity contribution in [1.82, 2.24) is 15.1 Å². The number of amides is 2. The van der Waals surface area contributed by atoms with Gasteiger partial charge in [0.1, 0.15) is 0 Å². The van der Waals surface area contributed by atoms with Crippen LogP contribution in [-0.2, 0) is 9.47 Å². The Morgan fingerprint density at radius 2 is 1.89 bits per heavy atom. The topological polar surface area (TPSA) is 71.1 Å². The molecule has 1 N–H and O–H groups in total. The van der Waals surface area contributed by atoms with Gasteiger partial charge in [-0.1, -0.05) is 13.3 Å². The zero-order valence-corrected chi connectivity index (χ0v) is 17.7. The van der Waals surface area contributed by atoms with Crippen molar-refractivity contribution in [2.24, 2.45) is 11.8 Å². The van der Waals surface area contributed by atoms with Crippen LogP contribution in [0.1, 0.15) is 53.4 Å². The van der Waals surface area contributed by atoms with Crippen LogP contribution in [-0.4, -0.2) is 73.5 Å². The molecule has 0 aromatic rings. The van der Waals surface area contributed by atoms with Crippen LogP contribution in [0.15, 0.2) is 0 Å². The van der Waals surface area contributed by atoms with E-state index in [1.165, 1.54) is 7.11 Å². The number of nitrogens with one attached hydrogen (secondary N) is 1. The van der Waals surface area contributed by atoms with Gasteiger partial charge < -0.3 is 19.7 Å². The molecular formula is C20H37N3O4. The van der Waals surface area contributed by atoms with E-state index in [0.29, 0.717) is 18.4 Å². The number of ether oxygens (including phenoxy) is 2. The molecule has 0 aromatic carbocycles. The molecule has 1 aliphatic heterocycles. The minimum Gasteiger partial charge on any atom is -0.453 e. The minimum atomic E-state index is -0.296. The molecule has 0 aromatic heterocycles. The Morgan fingerprint density at radius 1 is 1.19 bits per heavy atom. The maximum absolute atomic E-state index is 12.8. The third kappa shape index (κ3) is 4.86. The first-order valence-corrected chi connectivity index (χ1v) is 10.3. The second kappa shape index (κ2) is 9.62. The smallest absolute Gasteiger partial charge is 0.410 e. The van der Waals surface area contributed by atoms with Crippen molar-refractivity contribution in [1.29, 1.82) is 0 Å². The second-order valence-corrected chi connectivity index (χ2v) is 8.25. The first-order valence-electron chi connectivity index (χ1n) is 10.3. The monoisotopic (exact) mass is 383 g/mol. The SMILES string of the molecule is CCC(CNC)C1CCC2C(C1)N(C(=O)OC(C)C)CC(C)N2C(=O)OC. The quantitative estimate of drug-likeness (QED) is 0.790. The van der Waals surface area contributed by atoms with Gasteiger partial charge in [-0.2, -0.15) is 0 Å². The number of nitrogens with zero attached hydrogens (tertiary/aromatic N) is 2. The van der Waals surface area contributed by atoms with Crippen LogP contribution in [0.2, 0.25) is 0 Å². The predicted molar refractivity (Wildman–Crippen MR) is 105 cm³/mol. The maximum Gasteiger partial charge on any atom is 0.410 e. The summed E-state index contributed by atoms with van der Waals surface area (Å²) in [6, 6.07) is -0.116. The van der Waals surface area contributed by atoms with E-state index >= 15 is 0 Å².